The van der Waals surface area contributed by atoms with Gasteiger partial charge in [0.1, 0.15) is 11.5 Å². The summed E-state index contributed by atoms with van der Waals surface area (Å²) in [5, 5.41) is 5.72. The quantitative estimate of drug-likeness (QED) is 0.817. The van der Waals surface area contributed by atoms with Gasteiger partial charge in [-0.2, -0.15) is 0 Å². The molecule has 0 aliphatic rings. The smallest absolute Gasteiger partial charge is 0.234 e. The van der Waals surface area contributed by atoms with Crippen molar-refractivity contribution in [1.29, 1.82) is 0 Å². The number of hydrogen-bond donors (Lipinski definition) is 2. The average Bonchev–Trinajstić information content (AvgIpc) is 2.38. The lowest BCUT2D eigenvalue weighted by molar-refractivity contribution is -0.120. The number of rotatable bonds is 6. The highest BCUT2D eigenvalue weighted by Crippen LogP contribution is 2.32. The number of carbonyl (C=O) groups is 1. The zero-order chi connectivity index (χ0) is 14.4. The summed E-state index contributed by atoms with van der Waals surface area (Å²) in [5.41, 5.74) is 1.89. The summed E-state index contributed by atoms with van der Waals surface area (Å²) in [6.07, 6.45) is 0. The molecule has 0 aromatic heterocycles. The van der Waals surface area contributed by atoms with Crippen molar-refractivity contribution >= 4 is 5.91 Å². The fourth-order valence-electron chi connectivity index (χ4n) is 1.94. The summed E-state index contributed by atoms with van der Waals surface area (Å²) in [6, 6.07) is 3.67. The van der Waals surface area contributed by atoms with Gasteiger partial charge in [-0.05, 0) is 38.6 Å². The molecule has 1 amide bonds. The van der Waals surface area contributed by atoms with Crippen molar-refractivity contribution in [3.63, 3.8) is 0 Å². The summed E-state index contributed by atoms with van der Waals surface area (Å²) in [7, 11) is 4.98. The van der Waals surface area contributed by atoms with E-state index in [0.29, 0.717) is 0 Å². The number of nitrogens with one attached hydrogen (secondary N) is 2. The van der Waals surface area contributed by atoms with Crippen molar-refractivity contribution in [2.24, 2.45) is 0 Å². The second-order valence-electron chi connectivity index (χ2n) is 4.38. The van der Waals surface area contributed by atoms with E-state index in [2.05, 4.69) is 10.6 Å². The summed E-state index contributed by atoms with van der Waals surface area (Å²) >= 11 is 0. The molecule has 5 nitrogen and oxygen atoms in total. The third-order valence-corrected chi connectivity index (χ3v) is 2.93. The fraction of sp³-hybridized carbons (Fsp3) is 0.500. The summed E-state index contributed by atoms with van der Waals surface area (Å²) in [4.78, 5) is 11.6. The molecule has 0 heterocycles. The standard InChI is InChI=1S/C14H22N2O3/c1-9-6-13(19-5)11(7-12(9)18-4)10(2)16-14(17)8-15-3/h6-7,10,15H,8H2,1-5H3,(H,16,17). The van der Waals surface area contributed by atoms with Crippen LogP contribution in [0.3, 0.4) is 0 Å². The largest absolute Gasteiger partial charge is 0.496 e. The molecule has 106 valence electrons. The minimum Gasteiger partial charge on any atom is -0.496 e. The molecular formula is C14H22N2O3. The van der Waals surface area contributed by atoms with Crippen molar-refractivity contribution in [3.05, 3.63) is 23.3 Å². The molecule has 0 fully saturated rings. The first kappa shape index (κ1) is 15.3. The third kappa shape index (κ3) is 3.86. The van der Waals surface area contributed by atoms with E-state index >= 15 is 0 Å². The number of benzene rings is 1. The molecule has 19 heavy (non-hydrogen) atoms. The van der Waals surface area contributed by atoms with Crippen LogP contribution in [0.2, 0.25) is 0 Å². The molecule has 1 aromatic carbocycles. The van der Waals surface area contributed by atoms with Gasteiger partial charge in [-0.25, -0.2) is 0 Å². The first-order valence-corrected chi connectivity index (χ1v) is 6.20. The van der Waals surface area contributed by atoms with E-state index in [0.717, 1.165) is 22.6 Å². The maximum Gasteiger partial charge on any atom is 0.234 e. The van der Waals surface area contributed by atoms with Crippen molar-refractivity contribution in [2.75, 3.05) is 27.8 Å². The van der Waals surface area contributed by atoms with Gasteiger partial charge in [-0.3, -0.25) is 4.79 Å². The minimum absolute atomic E-state index is 0.0587. The Morgan fingerprint density at radius 2 is 1.89 bits per heavy atom. The van der Waals surface area contributed by atoms with Crippen LogP contribution in [0, 0.1) is 6.92 Å². The van der Waals surface area contributed by atoms with E-state index in [9.17, 15) is 4.79 Å². The van der Waals surface area contributed by atoms with Gasteiger partial charge in [0.05, 0.1) is 26.8 Å². The normalized spacial score (nSPS) is 11.8. The van der Waals surface area contributed by atoms with Crippen LogP contribution >= 0.6 is 0 Å². The Balaban J connectivity index is 3.00. The van der Waals surface area contributed by atoms with E-state index in [1.807, 2.05) is 26.0 Å². The van der Waals surface area contributed by atoms with Gasteiger partial charge in [0, 0.05) is 5.56 Å². The monoisotopic (exact) mass is 266 g/mol. The lowest BCUT2D eigenvalue weighted by Gasteiger charge is -2.19. The highest BCUT2D eigenvalue weighted by Gasteiger charge is 2.16. The number of carbonyl (C=O) groups excluding carboxylic acids is 1. The van der Waals surface area contributed by atoms with Crippen molar-refractivity contribution in [1.82, 2.24) is 10.6 Å². The molecule has 1 atom stereocenters. The zero-order valence-electron chi connectivity index (χ0n) is 12.2. The minimum atomic E-state index is -0.148. The van der Waals surface area contributed by atoms with Gasteiger partial charge in [0.15, 0.2) is 0 Å². The van der Waals surface area contributed by atoms with Crippen molar-refractivity contribution in [3.8, 4) is 11.5 Å². The highest BCUT2D eigenvalue weighted by molar-refractivity contribution is 5.78. The molecule has 1 rings (SSSR count). The Bertz CT molecular complexity index is 447. The number of hydrogen-bond acceptors (Lipinski definition) is 4. The molecule has 0 saturated heterocycles. The average molecular weight is 266 g/mol. The predicted octanol–water partition coefficient (Wildman–Crippen LogP) is 1.41. The molecule has 0 aliphatic heterocycles. The van der Waals surface area contributed by atoms with Crippen LogP contribution in [-0.2, 0) is 4.79 Å². The Labute approximate surface area is 114 Å². The second kappa shape index (κ2) is 6.99. The van der Waals surface area contributed by atoms with E-state index < -0.39 is 0 Å². The predicted molar refractivity (Wildman–Crippen MR) is 74.8 cm³/mol. The Kier molecular flexibility index (Phi) is 5.63. The van der Waals surface area contributed by atoms with Crippen molar-refractivity contribution < 1.29 is 14.3 Å². The first-order chi connectivity index (χ1) is 9.03. The van der Waals surface area contributed by atoms with E-state index in [1.54, 1.807) is 21.3 Å². The van der Waals surface area contributed by atoms with Crippen LogP contribution in [0.25, 0.3) is 0 Å². The second-order valence-corrected chi connectivity index (χ2v) is 4.38. The number of amides is 1. The fourth-order valence-corrected chi connectivity index (χ4v) is 1.94. The molecule has 1 aromatic rings. The van der Waals surface area contributed by atoms with Crippen LogP contribution in [0.1, 0.15) is 24.1 Å². The number of ether oxygens (including phenoxy) is 2. The first-order valence-electron chi connectivity index (χ1n) is 6.20. The highest BCUT2D eigenvalue weighted by atomic mass is 16.5. The van der Waals surface area contributed by atoms with Crippen molar-refractivity contribution in [2.45, 2.75) is 19.9 Å². The molecule has 5 heteroatoms. The van der Waals surface area contributed by atoms with Crippen LogP contribution in [-0.4, -0.2) is 33.7 Å². The SMILES string of the molecule is CNCC(=O)NC(C)c1cc(OC)c(C)cc1OC. The van der Waals surface area contributed by atoms with Gasteiger partial charge < -0.3 is 20.1 Å². The van der Waals surface area contributed by atoms with Gasteiger partial charge >= 0.3 is 0 Å². The number of methoxy groups -OCH3 is 2. The van der Waals surface area contributed by atoms with Crippen LogP contribution in [0.15, 0.2) is 12.1 Å². The van der Waals surface area contributed by atoms with Crippen LogP contribution < -0.4 is 20.1 Å². The lowest BCUT2D eigenvalue weighted by Crippen LogP contribution is -2.34. The molecule has 1 unspecified atom stereocenters. The van der Waals surface area contributed by atoms with Gasteiger partial charge in [0.25, 0.3) is 0 Å². The van der Waals surface area contributed by atoms with E-state index in [4.69, 9.17) is 9.47 Å². The summed E-state index contributed by atoms with van der Waals surface area (Å²) in [6.45, 7) is 4.16. The topological polar surface area (TPSA) is 59.6 Å². The molecule has 0 aliphatic carbocycles. The Morgan fingerprint density at radius 1 is 1.26 bits per heavy atom. The number of likely N-dealkylation sites (N-methyl/N-ethyl adjacent to an activating group) is 1. The van der Waals surface area contributed by atoms with Crippen LogP contribution in [0.4, 0.5) is 0 Å². The lowest BCUT2D eigenvalue weighted by atomic mass is 10.0. The molecule has 0 spiro atoms. The van der Waals surface area contributed by atoms with Gasteiger partial charge in [-0.1, -0.05) is 0 Å². The molecule has 0 saturated carbocycles. The molecule has 0 bridgehead atoms. The number of aryl methyl sites for hydroxylation is 1. The zero-order valence-corrected chi connectivity index (χ0v) is 12.2. The summed E-state index contributed by atoms with van der Waals surface area (Å²) in [5.74, 6) is 1.47. The van der Waals surface area contributed by atoms with E-state index in [-0.39, 0.29) is 18.5 Å². The summed E-state index contributed by atoms with van der Waals surface area (Å²) < 4.78 is 10.7. The van der Waals surface area contributed by atoms with E-state index in [1.165, 1.54) is 0 Å². The molecular weight excluding hydrogens is 244 g/mol. The van der Waals surface area contributed by atoms with Gasteiger partial charge in [-0.15, -0.1) is 0 Å². The molecule has 2 N–H and O–H groups in total. The van der Waals surface area contributed by atoms with Gasteiger partial charge in [0.2, 0.25) is 5.91 Å². The molecule has 0 radical (unpaired) electrons. The third-order valence-electron chi connectivity index (χ3n) is 2.93. The Hall–Kier alpha value is -1.75. The maximum absolute atomic E-state index is 11.6. The Morgan fingerprint density at radius 3 is 2.42 bits per heavy atom. The van der Waals surface area contributed by atoms with Crippen LogP contribution in [0.5, 0.6) is 11.5 Å². The maximum atomic E-state index is 11.6.